The highest BCUT2D eigenvalue weighted by atomic mass is 32.2. The molecule has 0 saturated carbocycles. The molecule has 35 heavy (non-hydrogen) atoms. The Bertz CT molecular complexity index is 1390. The fourth-order valence-electron chi connectivity index (χ4n) is 4.05. The van der Waals surface area contributed by atoms with Crippen LogP contribution in [0.4, 0.5) is 11.6 Å². The van der Waals surface area contributed by atoms with Gasteiger partial charge in [0.25, 0.3) is 5.91 Å². The summed E-state index contributed by atoms with van der Waals surface area (Å²) in [4.78, 5) is 19.5. The molecule has 0 radical (unpaired) electrons. The number of amides is 1. The lowest BCUT2D eigenvalue weighted by molar-refractivity contribution is -0.113. The summed E-state index contributed by atoms with van der Waals surface area (Å²) in [5.74, 6) is 1.79. The number of para-hydroxylation sites is 2. The number of methoxy groups -OCH3 is 1. The maximum absolute atomic E-state index is 13.7. The molecule has 2 N–H and O–H groups in total. The molecule has 3 heterocycles. The van der Waals surface area contributed by atoms with Gasteiger partial charge in [-0.25, -0.2) is 4.68 Å². The first kappa shape index (κ1) is 23.2. The van der Waals surface area contributed by atoms with Gasteiger partial charge in [0.1, 0.15) is 11.8 Å². The minimum absolute atomic E-state index is 0.211. The molecule has 1 aliphatic rings. The van der Waals surface area contributed by atoms with E-state index in [9.17, 15) is 4.79 Å². The highest BCUT2D eigenvalue weighted by molar-refractivity contribution is 7.98. The summed E-state index contributed by atoms with van der Waals surface area (Å²) >= 11 is 3.19. The van der Waals surface area contributed by atoms with Crippen LogP contribution < -0.4 is 15.4 Å². The summed E-state index contributed by atoms with van der Waals surface area (Å²) in [7, 11) is 1.59. The summed E-state index contributed by atoms with van der Waals surface area (Å²) in [5, 5.41) is 13.9. The molecule has 9 heteroatoms. The summed E-state index contributed by atoms with van der Waals surface area (Å²) in [6.07, 6.45) is 0. The molecule has 0 fully saturated rings. The average molecular weight is 504 g/mol. The number of thiophene rings is 1. The van der Waals surface area contributed by atoms with E-state index < -0.39 is 0 Å². The van der Waals surface area contributed by atoms with Crippen LogP contribution in [0.15, 0.2) is 82.5 Å². The standard InChI is InChI=1S/C26H25N5O2S2/c1-16-13-14-34-23(16)22-21(24(32)28-19-11-7-8-12-20(19)33-3)17(2)27-25-29-26(30-31(22)25)35-15-18-9-5-4-6-10-18/h4-14,22H,15H2,1-3H3,(H,28,32)(H,27,29,30). The number of thioether (sulfide) groups is 1. The predicted octanol–water partition coefficient (Wildman–Crippen LogP) is 5.88. The van der Waals surface area contributed by atoms with Crippen molar-refractivity contribution in [1.29, 1.82) is 0 Å². The van der Waals surface area contributed by atoms with Crippen molar-refractivity contribution in [2.24, 2.45) is 0 Å². The van der Waals surface area contributed by atoms with Crippen molar-refractivity contribution in [1.82, 2.24) is 14.8 Å². The summed E-state index contributed by atoms with van der Waals surface area (Å²) in [5.41, 5.74) is 4.27. The molecule has 5 rings (SSSR count). The van der Waals surface area contributed by atoms with Crippen molar-refractivity contribution in [3.63, 3.8) is 0 Å². The van der Waals surface area contributed by atoms with Crippen molar-refractivity contribution in [3.8, 4) is 5.75 Å². The van der Waals surface area contributed by atoms with Crippen molar-refractivity contribution >= 4 is 40.6 Å². The third-order valence-electron chi connectivity index (χ3n) is 5.79. The molecule has 4 aromatic rings. The number of nitrogens with zero attached hydrogens (tertiary/aromatic N) is 3. The minimum atomic E-state index is -0.389. The predicted molar refractivity (Wildman–Crippen MR) is 141 cm³/mol. The van der Waals surface area contributed by atoms with Crippen LogP contribution in [0.3, 0.4) is 0 Å². The molecule has 7 nitrogen and oxygen atoms in total. The number of nitrogens with one attached hydrogen (secondary N) is 2. The lowest BCUT2D eigenvalue weighted by atomic mass is 9.98. The van der Waals surface area contributed by atoms with Crippen molar-refractivity contribution < 1.29 is 9.53 Å². The van der Waals surface area contributed by atoms with Crippen molar-refractivity contribution in [2.45, 2.75) is 30.8 Å². The number of rotatable bonds is 7. The van der Waals surface area contributed by atoms with Crippen LogP contribution in [-0.4, -0.2) is 27.8 Å². The third-order valence-corrected chi connectivity index (χ3v) is 7.77. The van der Waals surface area contributed by atoms with E-state index in [1.807, 2.05) is 59.5 Å². The van der Waals surface area contributed by atoms with Crippen LogP contribution in [0.1, 0.15) is 29.0 Å². The van der Waals surface area contributed by atoms with E-state index in [2.05, 4.69) is 35.8 Å². The highest BCUT2D eigenvalue weighted by Crippen LogP contribution is 2.40. The van der Waals surface area contributed by atoms with Gasteiger partial charge >= 0.3 is 0 Å². The Morgan fingerprint density at radius 2 is 1.91 bits per heavy atom. The number of anilines is 2. The van der Waals surface area contributed by atoms with E-state index in [-0.39, 0.29) is 11.9 Å². The monoisotopic (exact) mass is 503 g/mol. The Hall–Kier alpha value is -3.56. The zero-order valence-electron chi connectivity index (χ0n) is 19.6. The van der Waals surface area contributed by atoms with E-state index >= 15 is 0 Å². The number of fused-ring (bicyclic) bond motifs is 1. The first-order valence-electron chi connectivity index (χ1n) is 11.1. The summed E-state index contributed by atoms with van der Waals surface area (Å²) in [6, 6.07) is 19.3. The van der Waals surface area contributed by atoms with Crippen LogP contribution in [0, 0.1) is 6.92 Å². The zero-order chi connectivity index (χ0) is 24.4. The van der Waals surface area contributed by atoms with Crippen molar-refractivity contribution in [3.05, 3.63) is 93.3 Å². The Kier molecular flexibility index (Phi) is 6.61. The number of carbonyl (C=O) groups is 1. The SMILES string of the molecule is COc1ccccc1NC(=O)C1=C(C)Nc2nc(SCc3ccccc3)nn2C1c1sccc1C. The van der Waals surface area contributed by atoms with E-state index in [4.69, 9.17) is 14.8 Å². The first-order valence-corrected chi connectivity index (χ1v) is 13.0. The van der Waals surface area contributed by atoms with Crippen LogP contribution in [0.25, 0.3) is 0 Å². The number of aryl methyl sites for hydroxylation is 1. The molecule has 1 unspecified atom stereocenters. The molecule has 2 aromatic carbocycles. The molecule has 1 atom stereocenters. The second kappa shape index (κ2) is 9.97. The van der Waals surface area contributed by atoms with Crippen LogP contribution in [0.5, 0.6) is 5.75 Å². The number of hydrogen-bond donors (Lipinski definition) is 2. The van der Waals surface area contributed by atoms with Gasteiger partial charge in [0, 0.05) is 16.3 Å². The number of aromatic nitrogens is 3. The van der Waals surface area contributed by atoms with E-state index in [0.29, 0.717) is 28.1 Å². The Balaban J connectivity index is 1.49. The van der Waals surface area contributed by atoms with Gasteiger partial charge in [-0.05, 0) is 48.6 Å². The normalized spacial score (nSPS) is 14.9. The molecule has 0 aliphatic carbocycles. The average Bonchev–Trinajstić information content (AvgIpc) is 3.48. The first-order chi connectivity index (χ1) is 17.0. The Morgan fingerprint density at radius 3 is 2.66 bits per heavy atom. The Labute approximate surface area is 212 Å². The summed E-state index contributed by atoms with van der Waals surface area (Å²) < 4.78 is 7.26. The Morgan fingerprint density at radius 1 is 1.14 bits per heavy atom. The van der Waals surface area contributed by atoms with Gasteiger partial charge in [-0.2, -0.15) is 4.98 Å². The number of allylic oxidation sites excluding steroid dienone is 1. The molecule has 1 aliphatic heterocycles. The largest absolute Gasteiger partial charge is 0.495 e. The third kappa shape index (κ3) is 4.69. The summed E-state index contributed by atoms with van der Waals surface area (Å²) in [6.45, 7) is 3.96. The minimum Gasteiger partial charge on any atom is -0.495 e. The van der Waals surface area contributed by atoms with Crippen LogP contribution in [0.2, 0.25) is 0 Å². The zero-order valence-corrected chi connectivity index (χ0v) is 21.2. The van der Waals surface area contributed by atoms with E-state index in [1.54, 1.807) is 30.2 Å². The lowest BCUT2D eigenvalue weighted by Crippen LogP contribution is -2.31. The number of hydrogen-bond acceptors (Lipinski definition) is 7. The van der Waals surface area contributed by atoms with Gasteiger partial charge < -0.3 is 15.4 Å². The highest BCUT2D eigenvalue weighted by Gasteiger charge is 2.36. The molecule has 2 aromatic heterocycles. The lowest BCUT2D eigenvalue weighted by Gasteiger charge is -2.28. The second-order valence-corrected chi connectivity index (χ2v) is 10.0. The van der Waals surface area contributed by atoms with E-state index in [0.717, 1.165) is 21.9 Å². The van der Waals surface area contributed by atoms with Gasteiger partial charge in [-0.15, -0.1) is 16.4 Å². The topological polar surface area (TPSA) is 81.1 Å². The van der Waals surface area contributed by atoms with Crippen molar-refractivity contribution in [2.75, 3.05) is 17.7 Å². The number of ether oxygens (including phenoxy) is 1. The van der Waals surface area contributed by atoms with Crippen LogP contribution >= 0.6 is 23.1 Å². The number of benzene rings is 2. The van der Waals surface area contributed by atoms with Gasteiger partial charge in [0.05, 0.1) is 18.4 Å². The van der Waals surface area contributed by atoms with Crippen LogP contribution in [-0.2, 0) is 10.5 Å². The molecule has 0 spiro atoms. The van der Waals surface area contributed by atoms with Gasteiger partial charge in [0.15, 0.2) is 0 Å². The fourth-order valence-corrected chi connectivity index (χ4v) is 5.86. The molecule has 0 saturated heterocycles. The fraction of sp³-hybridized carbons (Fsp3) is 0.192. The maximum Gasteiger partial charge on any atom is 0.256 e. The van der Waals surface area contributed by atoms with Gasteiger partial charge in [-0.3, -0.25) is 4.79 Å². The molecular formula is C26H25N5O2S2. The van der Waals surface area contributed by atoms with E-state index in [1.165, 1.54) is 5.56 Å². The molecular weight excluding hydrogens is 478 g/mol. The second-order valence-electron chi connectivity index (χ2n) is 8.13. The number of carbonyl (C=O) groups excluding carboxylic acids is 1. The maximum atomic E-state index is 13.7. The van der Waals surface area contributed by atoms with Gasteiger partial charge in [0.2, 0.25) is 11.1 Å². The molecule has 178 valence electrons. The quantitative estimate of drug-likeness (QED) is 0.307. The molecule has 1 amide bonds. The van der Waals surface area contributed by atoms with Gasteiger partial charge in [-0.1, -0.05) is 54.2 Å². The smallest absolute Gasteiger partial charge is 0.256 e. The molecule has 0 bridgehead atoms.